The average molecular weight is 386 g/mol. The van der Waals surface area contributed by atoms with Gasteiger partial charge in [-0.05, 0) is 77.5 Å². The van der Waals surface area contributed by atoms with E-state index in [2.05, 4.69) is 4.40 Å². The zero-order valence-corrected chi connectivity index (χ0v) is 17.7. The lowest BCUT2D eigenvalue weighted by Gasteiger charge is -2.61. The van der Waals surface area contributed by atoms with Crippen LogP contribution in [0.4, 0.5) is 0 Å². The lowest BCUT2D eigenvalue weighted by molar-refractivity contribution is -0.0373. The van der Waals surface area contributed by atoms with Crippen LogP contribution < -0.4 is 5.56 Å². The molecule has 0 unspecified atom stereocenters. The summed E-state index contributed by atoms with van der Waals surface area (Å²) < 4.78 is 18.3. The molecule has 5 rings (SSSR count). The summed E-state index contributed by atoms with van der Waals surface area (Å²) in [5, 5.41) is 0.610. The third kappa shape index (κ3) is 2.80. The van der Waals surface area contributed by atoms with Crippen molar-refractivity contribution in [3.05, 3.63) is 39.4 Å². The smallest absolute Gasteiger partial charge is 0.261 e. The molecule has 0 saturated heterocycles. The maximum absolute atomic E-state index is 13.1. The molecule has 2 aromatic rings. The van der Waals surface area contributed by atoms with Crippen LogP contribution in [0.25, 0.3) is 10.9 Å². The number of benzene rings is 1. The number of hydrogen-bond acceptors (Lipinski definition) is 3. The summed E-state index contributed by atoms with van der Waals surface area (Å²) in [4.78, 5) is 18.1. The van der Waals surface area contributed by atoms with E-state index in [1.807, 2.05) is 53.8 Å². The fraction of sp³-hybridized carbons (Fsp3) is 0.571. The minimum Gasteiger partial charge on any atom is -0.299 e. The van der Waals surface area contributed by atoms with E-state index in [-0.39, 0.29) is 11.0 Å². The van der Waals surface area contributed by atoms with Gasteiger partial charge in [-0.15, -0.1) is 0 Å². The molecule has 0 amide bonds. The maximum atomic E-state index is 13.1. The van der Waals surface area contributed by atoms with Crippen molar-refractivity contribution in [3.8, 4) is 0 Å². The van der Waals surface area contributed by atoms with Crippen LogP contribution >= 0.6 is 0 Å². The fourth-order valence-electron chi connectivity index (χ4n) is 4.33. The van der Waals surface area contributed by atoms with Crippen LogP contribution in [0.15, 0.2) is 21.3 Å². The van der Waals surface area contributed by atoms with Gasteiger partial charge in [-0.25, -0.2) is 9.19 Å². The minimum absolute atomic E-state index is 0.00517. The average Bonchev–Trinajstić information content (AvgIpc) is 2.48. The second-order valence-electron chi connectivity index (χ2n) is 9.31. The highest BCUT2D eigenvalue weighted by Crippen LogP contribution is 2.64. The van der Waals surface area contributed by atoms with E-state index in [9.17, 15) is 9.00 Å². The zero-order valence-electron chi connectivity index (χ0n) is 16.9. The molecular formula is C21H27N3O2S. The van der Waals surface area contributed by atoms with Crippen molar-refractivity contribution in [2.24, 2.45) is 17.4 Å². The predicted octanol–water partition coefficient (Wildman–Crippen LogP) is 3.56. The van der Waals surface area contributed by atoms with Crippen molar-refractivity contribution >= 4 is 27.6 Å². The molecule has 0 spiro atoms. The van der Waals surface area contributed by atoms with Gasteiger partial charge in [0, 0.05) is 18.0 Å². The highest BCUT2D eigenvalue weighted by Gasteiger charge is 2.59. The quantitative estimate of drug-likeness (QED) is 0.759. The van der Waals surface area contributed by atoms with Crippen molar-refractivity contribution < 1.29 is 4.21 Å². The Morgan fingerprint density at radius 3 is 2.44 bits per heavy atom. The van der Waals surface area contributed by atoms with Crippen LogP contribution in [0.3, 0.4) is 0 Å². The van der Waals surface area contributed by atoms with Gasteiger partial charge in [0.1, 0.15) is 16.8 Å². The standard InChI is InChI=1S/C21H27N3O2S/c1-12-7-15(13(2)23-27(26)20(3,4)5)17-16(8-12)18(25)24(6)19(22-17)21-9-14(10-21)11-21/h7-8,14H,9-11H2,1-6H3/b23-13-/t14?,21?,27-/m1/s1. The van der Waals surface area contributed by atoms with E-state index in [4.69, 9.17) is 4.98 Å². The molecule has 2 bridgehead atoms. The Morgan fingerprint density at radius 1 is 1.30 bits per heavy atom. The van der Waals surface area contributed by atoms with Gasteiger partial charge in [-0.3, -0.25) is 9.36 Å². The van der Waals surface area contributed by atoms with Crippen LogP contribution in [0, 0.1) is 12.8 Å². The molecule has 1 heterocycles. The van der Waals surface area contributed by atoms with Gasteiger partial charge in [-0.2, -0.15) is 4.40 Å². The van der Waals surface area contributed by atoms with Gasteiger partial charge in [0.05, 0.1) is 21.4 Å². The van der Waals surface area contributed by atoms with Crippen molar-refractivity contribution in [1.82, 2.24) is 9.55 Å². The van der Waals surface area contributed by atoms with Gasteiger partial charge >= 0.3 is 0 Å². The first kappa shape index (κ1) is 18.5. The van der Waals surface area contributed by atoms with Crippen LogP contribution in [-0.4, -0.2) is 24.2 Å². The second kappa shape index (κ2) is 5.84. The van der Waals surface area contributed by atoms with Crippen LogP contribution in [0.2, 0.25) is 0 Å². The molecule has 3 saturated carbocycles. The third-order valence-electron chi connectivity index (χ3n) is 5.97. The molecular weight excluding hydrogens is 358 g/mol. The first-order chi connectivity index (χ1) is 12.5. The molecule has 0 N–H and O–H groups in total. The molecule has 27 heavy (non-hydrogen) atoms. The molecule has 3 aliphatic rings. The van der Waals surface area contributed by atoms with Crippen LogP contribution in [0.5, 0.6) is 0 Å². The molecule has 144 valence electrons. The molecule has 5 nitrogen and oxygen atoms in total. The van der Waals surface area contributed by atoms with E-state index >= 15 is 0 Å². The number of rotatable bonds is 3. The Hall–Kier alpha value is -1.82. The van der Waals surface area contributed by atoms with E-state index < -0.39 is 15.7 Å². The van der Waals surface area contributed by atoms with Gasteiger partial charge in [-0.1, -0.05) is 0 Å². The topological polar surface area (TPSA) is 64.3 Å². The molecule has 0 aliphatic heterocycles. The summed E-state index contributed by atoms with van der Waals surface area (Å²) in [6.45, 7) is 9.54. The molecule has 1 aromatic carbocycles. The number of aromatic nitrogens is 2. The Labute approximate surface area is 162 Å². The Morgan fingerprint density at radius 2 is 1.93 bits per heavy atom. The van der Waals surface area contributed by atoms with Crippen molar-refractivity contribution in [2.75, 3.05) is 0 Å². The van der Waals surface area contributed by atoms with E-state index in [0.717, 1.165) is 42.1 Å². The largest absolute Gasteiger partial charge is 0.299 e. The van der Waals surface area contributed by atoms with Crippen LogP contribution in [-0.2, 0) is 23.4 Å². The van der Waals surface area contributed by atoms with Gasteiger partial charge in [0.2, 0.25) is 0 Å². The predicted molar refractivity (Wildman–Crippen MR) is 111 cm³/mol. The maximum Gasteiger partial charge on any atom is 0.261 e. The number of aryl methyl sites for hydroxylation is 1. The highest BCUT2D eigenvalue weighted by molar-refractivity contribution is 7.85. The fourth-order valence-corrected chi connectivity index (χ4v) is 4.95. The normalized spacial score (nSPS) is 25.9. The first-order valence-electron chi connectivity index (χ1n) is 9.51. The Balaban J connectivity index is 1.94. The summed E-state index contributed by atoms with van der Waals surface area (Å²) in [6.07, 6.45) is 3.42. The molecule has 1 aromatic heterocycles. The van der Waals surface area contributed by atoms with E-state index in [1.165, 1.54) is 0 Å². The summed E-state index contributed by atoms with van der Waals surface area (Å²) in [6, 6.07) is 3.90. The number of hydrogen-bond donors (Lipinski definition) is 0. The SMILES string of the molecule is C/C(=N/[S@](=O)C(C)(C)C)c1cc(C)cc2c(=O)n(C)c(C34CC(C3)C4)nc12. The van der Waals surface area contributed by atoms with Crippen molar-refractivity contribution in [3.63, 3.8) is 0 Å². The summed E-state index contributed by atoms with van der Waals surface area (Å²) in [5.41, 5.74) is 3.24. The minimum atomic E-state index is -1.36. The lowest BCUT2D eigenvalue weighted by atomic mass is 9.44. The summed E-state index contributed by atoms with van der Waals surface area (Å²) >= 11 is 0. The zero-order chi connectivity index (χ0) is 19.7. The van der Waals surface area contributed by atoms with Gasteiger partial charge in [0.15, 0.2) is 0 Å². The Kier molecular flexibility index (Phi) is 4.01. The molecule has 6 heteroatoms. The van der Waals surface area contributed by atoms with Crippen LogP contribution in [0.1, 0.15) is 63.9 Å². The van der Waals surface area contributed by atoms with Crippen molar-refractivity contribution in [2.45, 2.75) is 64.0 Å². The third-order valence-corrected chi connectivity index (χ3v) is 7.46. The lowest BCUT2D eigenvalue weighted by Crippen LogP contribution is -2.57. The van der Waals surface area contributed by atoms with Crippen molar-refractivity contribution in [1.29, 1.82) is 0 Å². The van der Waals surface area contributed by atoms with E-state index in [1.54, 1.807) is 4.57 Å². The molecule has 3 aliphatic carbocycles. The summed E-state index contributed by atoms with van der Waals surface area (Å²) in [5.74, 6) is 1.71. The number of fused-ring (bicyclic) bond motifs is 1. The molecule has 3 fully saturated rings. The monoisotopic (exact) mass is 385 g/mol. The number of nitrogens with zero attached hydrogens (tertiary/aromatic N) is 3. The Bertz CT molecular complexity index is 1060. The van der Waals surface area contributed by atoms with Gasteiger partial charge < -0.3 is 0 Å². The molecule has 1 atom stereocenters. The molecule has 0 radical (unpaired) electrons. The highest BCUT2D eigenvalue weighted by atomic mass is 32.2. The second-order valence-corrected chi connectivity index (χ2v) is 11.2. The van der Waals surface area contributed by atoms with E-state index in [0.29, 0.717) is 16.6 Å². The summed E-state index contributed by atoms with van der Waals surface area (Å²) in [7, 11) is 0.480. The van der Waals surface area contributed by atoms with Gasteiger partial charge in [0.25, 0.3) is 5.56 Å². The first-order valence-corrected chi connectivity index (χ1v) is 10.6.